The van der Waals surface area contributed by atoms with Gasteiger partial charge in [0, 0.05) is 17.8 Å². The molecule has 2 aliphatic heterocycles. The number of nitrogens with one attached hydrogen (secondary N) is 1. The second-order valence-electron chi connectivity index (χ2n) is 9.47. The molecule has 1 N–H and O–H groups in total. The molecule has 1 aromatic rings. The number of carbonyl (C=O) groups excluding carboxylic acids is 2. The van der Waals surface area contributed by atoms with Crippen LogP contribution >= 0.6 is 0 Å². The van der Waals surface area contributed by atoms with Crippen LogP contribution in [0.15, 0.2) is 0 Å². The van der Waals surface area contributed by atoms with E-state index >= 15 is 0 Å². The highest BCUT2D eigenvalue weighted by molar-refractivity contribution is 7.91. The molecule has 0 bridgehead atoms. The topological polar surface area (TPSA) is 105 Å². The number of hydrogen-bond donors (Lipinski definition) is 1. The molecule has 3 fully saturated rings. The first-order chi connectivity index (χ1) is 14.6. The van der Waals surface area contributed by atoms with E-state index in [1.165, 1.54) is 4.90 Å². The maximum Gasteiger partial charge on any atom is 0.326 e. The molecule has 172 valence electrons. The van der Waals surface area contributed by atoms with E-state index in [9.17, 15) is 18.0 Å². The molecule has 3 amide bonds. The average molecular weight is 452 g/mol. The number of aromatic nitrogens is 2. The molecule has 3 aliphatic rings. The van der Waals surface area contributed by atoms with Gasteiger partial charge in [-0.1, -0.05) is 25.7 Å². The van der Waals surface area contributed by atoms with Gasteiger partial charge in [0.2, 0.25) is 0 Å². The monoisotopic (exact) mass is 451 g/mol. The van der Waals surface area contributed by atoms with Crippen molar-refractivity contribution in [3.8, 4) is 0 Å². The van der Waals surface area contributed by atoms with Crippen LogP contribution in [0.2, 0.25) is 0 Å². The Morgan fingerprint density at radius 2 is 1.84 bits per heavy atom. The highest BCUT2D eigenvalue weighted by Gasteiger charge is 2.50. The molecule has 1 atom stereocenters. The van der Waals surface area contributed by atoms with Crippen LogP contribution in [0.25, 0.3) is 0 Å². The summed E-state index contributed by atoms with van der Waals surface area (Å²) in [4.78, 5) is 29.1. The van der Waals surface area contributed by atoms with E-state index in [0.717, 1.165) is 42.6 Å². The van der Waals surface area contributed by atoms with Crippen molar-refractivity contribution in [2.24, 2.45) is 0 Å². The van der Waals surface area contributed by atoms with Crippen LogP contribution in [0.5, 0.6) is 0 Å². The smallest absolute Gasteiger partial charge is 0.323 e. The number of urea groups is 1. The zero-order chi connectivity index (χ0) is 22.4. The molecular formula is C21H33N5O4S. The van der Waals surface area contributed by atoms with Gasteiger partial charge in [0.05, 0.1) is 29.9 Å². The van der Waals surface area contributed by atoms with Gasteiger partial charge in [-0.3, -0.25) is 14.4 Å². The zero-order valence-corrected chi connectivity index (χ0v) is 19.5. The summed E-state index contributed by atoms with van der Waals surface area (Å²) in [5, 5.41) is 7.60. The summed E-state index contributed by atoms with van der Waals surface area (Å²) in [6.07, 6.45) is 6.16. The number of nitrogens with zero attached hydrogens (tertiary/aromatic N) is 4. The Bertz CT molecular complexity index is 978. The molecule has 1 spiro atoms. The van der Waals surface area contributed by atoms with Crippen molar-refractivity contribution < 1.29 is 18.0 Å². The molecule has 1 saturated carbocycles. The largest absolute Gasteiger partial charge is 0.326 e. The van der Waals surface area contributed by atoms with Crippen LogP contribution in [0.3, 0.4) is 0 Å². The predicted octanol–water partition coefficient (Wildman–Crippen LogP) is 1.89. The quantitative estimate of drug-likeness (QED) is 0.686. The van der Waals surface area contributed by atoms with Crippen LogP contribution in [0, 0.1) is 13.8 Å². The number of rotatable bonds is 5. The maximum absolute atomic E-state index is 13.1. The highest BCUT2D eigenvalue weighted by atomic mass is 32.2. The molecule has 10 heteroatoms. The Kier molecular flexibility index (Phi) is 5.89. The number of carbonyl (C=O) groups is 2. The van der Waals surface area contributed by atoms with Crippen molar-refractivity contribution in [1.82, 2.24) is 24.9 Å². The van der Waals surface area contributed by atoms with Gasteiger partial charge in [0.15, 0.2) is 9.84 Å². The van der Waals surface area contributed by atoms with Crippen molar-refractivity contribution in [1.29, 1.82) is 0 Å². The second kappa shape index (κ2) is 8.20. The zero-order valence-electron chi connectivity index (χ0n) is 18.7. The first-order valence-corrected chi connectivity index (χ1v) is 13.0. The molecule has 4 rings (SSSR count). The Balaban J connectivity index is 1.45. The van der Waals surface area contributed by atoms with Crippen molar-refractivity contribution in [3.05, 3.63) is 17.0 Å². The van der Waals surface area contributed by atoms with Crippen molar-refractivity contribution in [2.45, 2.75) is 76.9 Å². The van der Waals surface area contributed by atoms with E-state index in [4.69, 9.17) is 0 Å². The van der Waals surface area contributed by atoms with Gasteiger partial charge in [-0.25, -0.2) is 18.1 Å². The first kappa shape index (κ1) is 22.3. The van der Waals surface area contributed by atoms with Gasteiger partial charge in [0.1, 0.15) is 5.54 Å². The van der Waals surface area contributed by atoms with Gasteiger partial charge in [0.25, 0.3) is 5.91 Å². The van der Waals surface area contributed by atoms with E-state index in [1.807, 2.05) is 30.5 Å². The van der Waals surface area contributed by atoms with Gasteiger partial charge >= 0.3 is 6.03 Å². The fourth-order valence-corrected chi connectivity index (χ4v) is 6.98. The molecule has 1 aromatic heterocycles. The van der Waals surface area contributed by atoms with Crippen LogP contribution in [-0.4, -0.2) is 70.7 Å². The third-order valence-corrected chi connectivity index (χ3v) is 8.79. The van der Waals surface area contributed by atoms with E-state index in [-0.39, 0.29) is 36.2 Å². The normalized spacial score (nSPS) is 25.4. The predicted molar refractivity (Wildman–Crippen MR) is 116 cm³/mol. The second-order valence-corrected chi connectivity index (χ2v) is 11.7. The fourth-order valence-electron chi connectivity index (χ4n) is 5.29. The van der Waals surface area contributed by atoms with Crippen LogP contribution < -0.4 is 5.32 Å². The fraction of sp³-hybridized carbons (Fsp3) is 0.762. The average Bonchev–Trinajstić information content (AvgIpc) is 3.17. The lowest BCUT2D eigenvalue weighted by Gasteiger charge is -2.26. The molecule has 1 aliphatic carbocycles. The molecule has 0 unspecified atom stereocenters. The van der Waals surface area contributed by atoms with E-state index in [0.29, 0.717) is 25.8 Å². The molecule has 2 saturated heterocycles. The van der Waals surface area contributed by atoms with Crippen molar-refractivity contribution in [3.63, 3.8) is 0 Å². The summed E-state index contributed by atoms with van der Waals surface area (Å²) in [7, 11) is -1.11. The minimum atomic E-state index is -2.99. The number of imide groups is 1. The molecule has 31 heavy (non-hydrogen) atoms. The Labute approximate surface area is 184 Å². The van der Waals surface area contributed by atoms with E-state index in [2.05, 4.69) is 10.4 Å². The maximum atomic E-state index is 13.1. The van der Waals surface area contributed by atoms with E-state index < -0.39 is 15.4 Å². The van der Waals surface area contributed by atoms with Crippen LogP contribution in [0.1, 0.15) is 67.9 Å². The number of hydrogen-bond acceptors (Lipinski definition) is 6. The standard InChI is InChI=1S/C21H33N5O4S/c1-15-18(16(2)26(23-15)17-8-11-31(29,30)13-17)12-24(3)14-25-19(27)21(22-20(25)28)9-6-4-5-7-10-21/h17H,4-14H2,1-3H3,(H,22,28)/t17-/m1/s1. The Morgan fingerprint density at radius 3 is 2.45 bits per heavy atom. The Hall–Kier alpha value is -1.94. The molecule has 0 aromatic carbocycles. The third-order valence-electron chi connectivity index (χ3n) is 7.04. The van der Waals surface area contributed by atoms with Gasteiger partial charge in [-0.15, -0.1) is 0 Å². The molecule has 3 heterocycles. The van der Waals surface area contributed by atoms with Crippen LogP contribution in [0.4, 0.5) is 4.79 Å². The summed E-state index contributed by atoms with van der Waals surface area (Å²) in [6, 6.07) is -0.428. The van der Waals surface area contributed by atoms with E-state index in [1.54, 1.807) is 0 Å². The summed E-state index contributed by atoms with van der Waals surface area (Å²) in [5.74, 6) is 0.236. The first-order valence-electron chi connectivity index (χ1n) is 11.2. The minimum absolute atomic E-state index is 0.105. The lowest BCUT2D eigenvalue weighted by atomic mass is 9.90. The number of aryl methyl sites for hydroxylation is 1. The van der Waals surface area contributed by atoms with Crippen molar-refractivity contribution in [2.75, 3.05) is 25.2 Å². The van der Waals surface area contributed by atoms with Crippen LogP contribution in [-0.2, 0) is 21.2 Å². The lowest BCUT2D eigenvalue weighted by Crippen LogP contribution is -2.47. The SMILES string of the molecule is Cc1nn([C@@H]2CCS(=O)(=O)C2)c(C)c1CN(C)CN1C(=O)NC2(CCCCCC2)C1=O. The number of sulfone groups is 1. The van der Waals surface area contributed by atoms with Gasteiger partial charge < -0.3 is 5.32 Å². The lowest BCUT2D eigenvalue weighted by molar-refractivity contribution is -0.133. The summed E-state index contributed by atoms with van der Waals surface area (Å²) >= 11 is 0. The highest BCUT2D eigenvalue weighted by Crippen LogP contribution is 2.33. The summed E-state index contributed by atoms with van der Waals surface area (Å²) in [5.41, 5.74) is 2.09. The van der Waals surface area contributed by atoms with Crippen molar-refractivity contribution >= 4 is 21.8 Å². The molecule has 9 nitrogen and oxygen atoms in total. The number of amides is 3. The third kappa shape index (κ3) is 4.24. The van der Waals surface area contributed by atoms with Gasteiger partial charge in [-0.2, -0.15) is 5.10 Å². The molecule has 0 radical (unpaired) electrons. The Morgan fingerprint density at radius 1 is 1.16 bits per heavy atom. The summed E-state index contributed by atoms with van der Waals surface area (Å²) < 4.78 is 25.6. The van der Waals surface area contributed by atoms with Gasteiger partial charge in [-0.05, 0) is 40.2 Å². The summed E-state index contributed by atoms with van der Waals surface area (Å²) in [6.45, 7) is 4.63. The molecular weight excluding hydrogens is 418 g/mol. The minimum Gasteiger partial charge on any atom is -0.323 e.